The lowest BCUT2D eigenvalue weighted by Crippen LogP contribution is -2.27. The van der Waals surface area contributed by atoms with Crippen LogP contribution in [-0.2, 0) is 0 Å². The van der Waals surface area contributed by atoms with Crippen LogP contribution in [0.25, 0.3) is 5.69 Å². The molecule has 1 amide bonds. The van der Waals surface area contributed by atoms with Crippen LogP contribution in [0.3, 0.4) is 0 Å². The summed E-state index contributed by atoms with van der Waals surface area (Å²) in [5.41, 5.74) is 0.955. The third-order valence-electron chi connectivity index (χ3n) is 4.20. The summed E-state index contributed by atoms with van der Waals surface area (Å²) < 4.78 is 12.5. The number of carbonyl (C=O) groups is 1. The molecule has 0 bridgehead atoms. The molecule has 0 spiro atoms. The van der Waals surface area contributed by atoms with Crippen molar-refractivity contribution in [3.05, 3.63) is 75.2 Å². The van der Waals surface area contributed by atoms with E-state index in [4.69, 9.17) is 21.1 Å². The van der Waals surface area contributed by atoms with E-state index in [1.54, 1.807) is 23.7 Å². The molecule has 28 heavy (non-hydrogen) atoms. The van der Waals surface area contributed by atoms with E-state index in [1.807, 2.05) is 30.3 Å². The second kappa shape index (κ2) is 7.36. The topological polar surface area (TPSA) is 82.5 Å². The molecule has 0 aliphatic carbocycles. The molecule has 0 saturated heterocycles. The molecule has 1 aliphatic heterocycles. The van der Waals surface area contributed by atoms with Gasteiger partial charge in [-0.05, 0) is 19.1 Å². The van der Waals surface area contributed by atoms with Crippen molar-refractivity contribution in [2.24, 2.45) is 0 Å². The van der Waals surface area contributed by atoms with E-state index in [2.05, 4.69) is 10.4 Å². The smallest absolute Gasteiger partial charge is 0.280 e. The quantitative estimate of drug-likeness (QED) is 0.733. The highest BCUT2D eigenvalue weighted by Gasteiger charge is 2.20. The van der Waals surface area contributed by atoms with E-state index in [0.29, 0.717) is 36.1 Å². The summed E-state index contributed by atoms with van der Waals surface area (Å²) in [6.45, 7) is 2.59. The van der Waals surface area contributed by atoms with E-state index < -0.39 is 11.3 Å². The molecule has 142 valence electrons. The highest BCUT2D eigenvalue weighted by molar-refractivity contribution is 6.34. The minimum Gasteiger partial charge on any atom is -0.486 e. The molecule has 2 aromatic carbocycles. The summed E-state index contributed by atoms with van der Waals surface area (Å²) in [6, 6.07) is 13.8. The maximum atomic E-state index is 12.7. The Kier molecular flexibility index (Phi) is 4.75. The van der Waals surface area contributed by atoms with Crippen molar-refractivity contribution in [2.45, 2.75) is 6.92 Å². The van der Waals surface area contributed by atoms with Crippen molar-refractivity contribution >= 4 is 23.2 Å². The van der Waals surface area contributed by atoms with Crippen LogP contribution in [-0.4, -0.2) is 28.9 Å². The molecule has 2 heterocycles. The number of halogens is 1. The fraction of sp³-hybridized carbons (Fsp3) is 0.150. The largest absolute Gasteiger partial charge is 0.486 e. The van der Waals surface area contributed by atoms with Crippen LogP contribution >= 0.6 is 11.6 Å². The number of aryl methyl sites for hydroxylation is 1. The lowest BCUT2D eigenvalue weighted by atomic mass is 10.2. The highest BCUT2D eigenvalue weighted by atomic mass is 35.5. The normalized spacial score (nSPS) is 12.5. The van der Waals surface area contributed by atoms with Gasteiger partial charge in [-0.25, -0.2) is 4.68 Å². The van der Waals surface area contributed by atoms with Gasteiger partial charge in [-0.2, -0.15) is 5.10 Å². The van der Waals surface area contributed by atoms with E-state index in [-0.39, 0.29) is 10.7 Å². The summed E-state index contributed by atoms with van der Waals surface area (Å²) in [5.74, 6) is 0.326. The first-order valence-corrected chi connectivity index (χ1v) is 8.97. The lowest BCUT2D eigenvalue weighted by Gasteiger charge is -2.20. The van der Waals surface area contributed by atoms with Gasteiger partial charge >= 0.3 is 0 Å². The average molecular weight is 398 g/mol. The molecule has 1 aliphatic rings. The Hall–Kier alpha value is -3.32. The molecule has 3 aromatic rings. The number of anilines is 1. The number of para-hydroxylation sites is 1. The summed E-state index contributed by atoms with van der Waals surface area (Å²) in [7, 11) is 0. The lowest BCUT2D eigenvalue weighted by molar-refractivity contribution is 0.101. The Morgan fingerprint density at radius 1 is 1.11 bits per heavy atom. The van der Waals surface area contributed by atoms with Crippen molar-refractivity contribution in [2.75, 3.05) is 18.5 Å². The molecule has 0 saturated carbocycles. The van der Waals surface area contributed by atoms with Crippen molar-refractivity contribution in [3.63, 3.8) is 0 Å². The number of nitrogens with one attached hydrogen (secondary N) is 1. The zero-order chi connectivity index (χ0) is 19.7. The summed E-state index contributed by atoms with van der Waals surface area (Å²) in [6.07, 6.45) is 0. The second-order valence-electron chi connectivity index (χ2n) is 6.18. The second-order valence-corrected chi connectivity index (χ2v) is 6.58. The van der Waals surface area contributed by atoms with Gasteiger partial charge in [0.15, 0.2) is 17.2 Å². The van der Waals surface area contributed by atoms with Crippen LogP contribution in [0.2, 0.25) is 5.02 Å². The Balaban J connectivity index is 1.68. The maximum Gasteiger partial charge on any atom is 0.280 e. The number of amides is 1. The van der Waals surface area contributed by atoms with Crippen molar-refractivity contribution in [1.82, 2.24) is 9.78 Å². The Bertz CT molecular complexity index is 1110. The molecule has 4 rings (SSSR count). The molecule has 0 radical (unpaired) electrons. The third kappa shape index (κ3) is 3.44. The third-order valence-corrected chi connectivity index (χ3v) is 4.52. The van der Waals surface area contributed by atoms with E-state index >= 15 is 0 Å². The number of benzene rings is 2. The molecular formula is C20H16ClN3O4. The van der Waals surface area contributed by atoms with Crippen molar-refractivity contribution < 1.29 is 14.3 Å². The van der Waals surface area contributed by atoms with Crippen molar-refractivity contribution in [3.8, 4) is 17.2 Å². The standard InChI is InChI=1S/C20H16ClN3O4/c1-12-9-16(25)19(23-24(12)13-5-3-2-4-6-13)20(26)22-15-11-18-17(10-14(15)21)27-7-8-28-18/h2-6,9-11H,7-8H2,1H3,(H,22,26). The Morgan fingerprint density at radius 2 is 1.79 bits per heavy atom. The molecule has 0 atom stereocenters. The minimum absolute atomic E-state index is 0.236. The number of fused-ring (bicyclic) bond motifs is 1. The molecule has 0 fully saturated rings. The van der Waals surface area contributed by atoms with E-state index in [0.717, 1.165) is 5.69 Å². The summed E-state index contributed by atoms with van der Waals surface area (Å²) in [4.78, 5) is 25.1. The van der Waals surface area contributed by atoms with Crippen LogP contribution in [0.1, 0.15) is 16.2 Å². The van der Waals surface area contributed by atoms with Gasteiger partial charge in [0, 0.05) is 23.9 Å². The zero-order valence-corrected chi connectivity index (χ0v) is 15.7. The van der Waals surface area contributed by atoms with Gasteiger partial charge in [0.05, 0.1) is 16.4 Å². The molecule has 8 heteroatoms. The van der Waals surface area contributed by atoms with Crippen LogP contribution in [0.15, 0.2) is 53.3 Å². The molecule has 7 nitrogen and oxygen atoms in total. The zero-order valence-electron chi connectivity index (χ0n) is 14.9. The number of hydrogen-bond acceptors (Lipinski definition) is 5. The molecular weight excluding hydrogens is 382 g/mol. The number of ether oxygens (including phenoxy) is 2. The molecule has 1 aromatic heterocycles. The van der Waals surface area contributed by atoms with Crippen LogP contribution < -0.4 is 20.2 Å². The number of hydrogen-bond donors (Lipinski definition) is 1. The Morgan fingerprint density at radius 3 is 2.50 bits per heavy atom. The van der Waals surface area contributed by atoms with Gasteiger partial charge in [-0.1, -0.05) is 29.8 Å². The minimum atomic E-state index is -0.659. The van der Waals surface area contributed by atoms with Gasteiger partial charge in [0.2, 0.25) is 5.43 Å². The van der Waals surface area contributed by atoms with Gasteiger partial charge in [-0.3, -0.25) is 9.59 Å². The van der Waals surface area contributed by atoms with E-state index in [9.17, 15) is 9.59 Å². The van der Waals surface area contributed by atoms with Crippen LogP contribution in [0.4, 0.5) is 5.69 Å². The molecule has 0 unspecified atom stereocenters. The predicted molar refractivity (Wildman–Crippen MR) is 105 cm³/mol. The molecule has 1 N–H and O–H groups in total. The first-order valence-electron chi connectivity index (χ1n) is 8.60. The van der Waals surface area contributed by atoms with Gasteiger partial charge < -0.3 is 14.8 Å². The fourth-order valence-electron chi connectivity index (χ4n) is 2.88. The SMILES string of the molecule is Cc1cc(=O)c(C(=O)Nc2cc3c(cc2Cl)OCCO3)nn1-c1ccccc1. The van der Waals surface area contributed by atoms with Gasteiger partial charge in [0.25, 0.3) is 5.91 Å². The number of carbonyl (C=O) groups excluding carboxylic acids is 1. The number of aromatic nitrogens is 2. The summed E-state index contributed by atoms with van der Waals surface area (Å²) in [5, 5.41) is 7.15. The fourth-order valence-corrected chi connectivity index (χ4v) is 3.08. The number of nitrogens with zero attached hydrogens (tertiary/aromatic N) is 2. The van der Waals surface area contributed by atoms with Crippen LogP contribution in [0.5, 0.6) is 11.5 Å². The predicted octanol–water partition coefficient (Wildman–Crippen LogP) is 3.22. The summed E-state index contributed by atoms with van der Waals surface area (Å²) >= 11 is 6.23. The first-order chi connectivity index (χ1) is 13.5. The number of rotatable bonds is 3. The van der Waals surface area contributed by atoms with Gasteiger partial charge in [0.1, 0.15) is 13.2 Å². The van der Waals surface area contributed by atoms with Gasteiger partial charge in [-0.15, -0.1) is 0 Å². The Labute approximate surface area is 165 Å². The monoisotopic (exact) mass is 397 g/mol. The highest BCUT2D eigenvalue weighted by Crippen LogP contribution is 2.38. The maximum absolute atomic E-state index is 12.7. The first kappa shape index (κ1) is 18.1. The van der Waals surface area contributed by atoms with Crippen molar-refractivity contribution in [1.29, 1.82) is 0 Å². The van der Waals surface area contributed by atoms with Crippen LogP contribution in [0, 0.1) is 6.92 Å². The van der Waals surface area contributed by atoms with E-state index in [1.165, 1.54) is 6.07 Å². The average Bonchev–Trinajstić information content (AvgIpc) is 2.69.